The lowest BCUT2D eigenvalue weighted by Crippen LogP contribution is -2.02. The van der Waals surface area contributed by atoms with E-state index in [-0.39, 0.29) is 4.90 Å². The SMILES string of the molecule is CCCCCCOc1c(C)cc(S(=O)(=O)Cl)cc1C. The van der Waals surface area contributed by atoms with Gasteiger partial charge in [0.25, 0.3) is 9.05 Å². The van der Waals surface area contributed by atoms with Gasteiger partial charge >= 0.3 is 0 Å². The summed E-state index contributed by atoms with van der Waals surface area (Å²) in [5.74, 6) is 0.764. The van der Waals surface area contributed by atoms with Crippen molar-refractivity contribution in [2.75, 3.05) is 6.61 Å². The molecule has 0 fully saturated rings. The molecule has 0 radical (unpaired) electrons. The van der Waals surface area contributed by atoms with E-state index in [1.54, 1.807) is 12.1 Å². The van der Waals surface area contributed by atoms with Crippen LogP contribution in [0.3, 0.4) is 0 Å². The molecule has 5 heteroatoms. The van der Waals surface area contributed by atoms with Crippen molar-refractivity contribution in [3.8, 4) is 5.75 Å². The summed E-state index contributed by atoms with van der Waals surface area (Å²) >= 11 is 0. The number of ether oxygens (including phenoxy) is 1. The summed E-state index contributed by atoms with van der Waals surface area (Å²) in [4.78, 5) is 0.127. The first-order valence-corrected chi connectivity index (χ1v) is 8.86. The van der Waals surface area contributed by atoms with Crippen LogP contribution in [0.5, 0.6) is 5.75 Å². The highest BCUT2D eigenvalue weighted by atomic mass is 35.7. The minimum Gasteiger partial charge on any atom is -0.493 e. The molecule has 19 heavy (non-hydrogen) atoms. The van der Waals surface area contributed by atoms with E-state index >= 15 is 0 Å². The zero-order chi connectivity index (χ0) is 14.5. The van der Waals surface area contributed by atoms with Gasteiger partial charge in [0.05, 0.1) is 11.5 Å². The van der Waals surface area contributed by atoms with Crippen LogP contribution >= 0.6 is 10.7 Å². The first-order valence-electron chi connectivity index (χ1n) is 6.55. The van der Waals surface area contributed by atoms with Crippen LogP contribution in [0.1, 0.15) is 43.7 Å². The second-order valence-corrected chi connectivity index (χ2v) is 7.30. The Kier molecular flexibility index (Phi) is 6.14. The van der Waals surface area contributed by atoms with Crippen molar-refractivity contribution in [2.45, 2.75) is 51.3 Å². The molecule has 0 saturated carbocycles. The average Bonchev–Trinajstić information content (AvgIpc) is 2.30. The Balaban J connectivity index is 2.75. The van der Waals surface area contributed by atoms with Crippen LogP contribution in [0.4, 0.5) is 0 Å². The van der Waals surface area contributed by atoms with Crippen LogP contribution in [0, 0.1) is 13.8 Å². The summed E-state index contributed by atoms with van der Waals surface area (Å²) in [5.41, 5.74) is 1.60. The lowest BCUT2D eigenvalue weighted by molar-refractivity contribution is 0.301. The van der Waals surface area contributed by atoms with Gasteiger partial charge in [-0.15, -0.1) is 0 Å². The summed E-state index contributed by atoms with van der Waals surface area (Å²) in [5, 5.41) is 0. The molecule has 0 atom stereocenters. The third-order valence-corrected chi connectivity index (χ3v) is 4.29. The number of hydrogen-bond donors (Lipinski definition) is 0. The Bertz CT molecular complexity index is 500. The first kappa shape index (κ1) is 16.3. The lowest BCUT2D eigenvalue weighted by atomic mass is 10.1. The molecule has 0 aliphatic carbocycles. The number of unbranched alkanes of at least 4 members (excludes halogenated alkanes) is 3. The number of hydrogen-bond acceptors (Lipinski definition) is 3. The second kappa shape index (κ2) is 7.15. The zero-order valence-corrected chi connectivity index (χ0v) is 13.3. The van der Waals surface area contributed by atoms with Crippen molar-refractivity contribution in [1.82, 2.24) is 0 Å². The van der Waals surface area contributed by atoms with Gasteiger partial charge in [-0.05, 0) is 43.5 Å². The van der Waals surface area contributed by atoms with Crippen molar-refractivity contribution in [3.05, 3.63) is 23.3 Å². The molecule has 0 saturated heterocycles. The molecule has 0 unspecified atom stereocenters. The maximum Gasteiger partial charge on any atom is 0.261 e. The van der Waals surface area contributed by atoms with E-state index in [9.17, 15) is 8.42 Å². The average molecular weight is 305 g/mol. The third-order valence-electron chi connectivity index (χ3n) is 2.96. The summed E-state index contributed by atoms with van der Waals surface area (Å²) in [6.45, 7) is 6.50. The molecule has 3 nitrogen and oxygen atoms in total. The molecule has 0 bridgehead atoms. The molecule has 0 N–H and O–H groups in total. The van der Waals surface area contributed by atoms with E-state index in [1.165, 1.54) is 12.8 Å². The van der Waals surface area contributed by atoms with E-state index in [1.807, 2.05) is 13.8 Å². The van der Waals surface area contributed by atoms with Crippen LogP contribution < -0.4 is 4.74 Å². The highest BCUT2D eigenvalue weighted by Gasteiger charge is 2.14. The lowest BCUT2D eigenvalue weighted by Gasteiger charge is -2.13. The molecule has 1 rings (SSSR count). The molecular weight excluding hydrogens is 284 g/mol. The molecule has 1 aromatic carbocycles. The van der Waals surface area contributed by atoms with Gasteiger partial charge < -0.3 is 4.74 Å². The topological polar surface area (TPSA) is 43.4 Å². The molecule has 0 aliphatic heterocycles. The molecule has 0 amide bonds. The van der Waals surface area contributed by atoms with Gasteiger partial charge in [-0.1, -0.05) is 26.2 Å². The van der Waals surface area contributed by atoms with Crippen molar-refractivity contribution < 1.29 is 13.2 Å². The normalized spacial score (nSPS) is 11.6. The summed E-state index contributed by atoms with van der Waals surface area (Å²) < 4.78 is 28.4. The van der Waals surface area contributed by atoms with Gasteiger partial charge in [-0.25, -0.2) is 8.42 Å². The van der Waals surface area contributed by atoms with Crippen molar-refractivity contribution in [2.24, 2.45) is 0 Å². The monoisotopic (exact) mass is 304 g/mol. The van der Waals surface area contributed by atoms with E-state index in [0.29, 0.717) is 6.61 Å². The Morgan fingerprint density at radius 2 is 1.68 bits per heavy atom. The van der Waals surface area contributed by atoms with Gasteiger partial charge in [0.15, 0.2) is 0 Å². The summed E-state index contributed by atoms with van der Waals surface area (Å²) in [6, 6.07) is 3.10. The Hall–Kier alpha value is -0.740. The fourth-order valence-electron chi connectivity index (χ4n) is 1.98. The van der Waals surface area contributed by atoms with Crippen molar-refractivity contribution >= 4 is 19.7 Å². The van der Waals surface area contributed by atoms with Crippen LogP contribution in [-0.4, -0.2) is 15.0 Å². The van der Waals surface area contributed by atoms with Crippen LogP contribution in [-0.2, 0) is 9.05 Å². The number of aryl methyl sites for hydroxylation is 2. The fourth-order valence-corrected chi connectivity index (χ4v) is 2.88. The Labute approximate surface area is 120 Å². The smallest absolute Gasteiger partial charge is 0.261 e. The summed E-state index contributed by atoms with van der Waals surface area (Å²) in [6.07, 6.45) is 4.58. The quantitative estimate of drug-likeness (QED) is 0.560. The molecule has 108 valence electrons. The fraction of sp³-hybridized carbons (Fsp3) is 0.571. The predicted octanol–water partition coefficient (Wildman–Crippen LogP) is 4.19. The highest BCUT2D eigenvalue weighted by Crippen LogP contribution is 2.28. The number of halogens is 1. The summed E-state index contributed by atoms with van der Waals surface area (Å²) in [7, 11) is 1.67. The Morgan fingerprint density at radius 1 is 1.11 bits per heavy atom. The van der Waals surface area contributed by atoms with E-state index in [2.05, 4.69) is 6.92 Å². The third kappa shape index (κ3) is 5.03. The molecule has 0 spiro atoms. The van der Waals surface area contributed by atoms with Gasteiger partial charge in [0, 0.05) is 10.7 Å². The van der Waals surface area contributed by atoms with Gasteiger partial charge in [0.2, 0.25) is 0 Å². The zero-order valence-electron chi connectivity index (χ0n) is 11.7. The maximum absolute atomic E-state index is 11.3. The molecule has 1 aromatic rings. The van der Waals surface area contributed by atoms with Crippen LogP contribution in [0.25, 0.3) is 0 Å². The van der Waals surface area contributed by atoms with Crippen molar-refractivity contribution in [3.63, 3.8) is 0 Å². The van der Waals surface area contributed by atoms with Crippen molar-refractivity contribution in [1.29, 1.82) is 0 Å². The minimum absolute atomic E-state index is 0.127. The van der Waals surface area contributed by atoms with Gasteiger partial charge in [-0.3, -0.25) is 0 Å². The molecule has 0 heterocycles. The van der Waals surface area contributed by atoms with Gasteiger partial charge in [-0.2, -0.15) is 0 Å². The first-order chi connectivity index (χ1) is 8.86. The van der Waals surface area contributed by atoms with E-state index in [4.69, 9.17) is 15.4 Å². The van der Waals surface area contributed by atoms with Crippen LogP contribution in [0.15, 0.2) is 17.0 Å². The standard InChI is InChI=1S/C14H21ClO3S/c1-4-5-6-7-8-18-14-11(2)9-13(10-12(14)3)19(15,16)17/h9-10H,4-8H2,1-3H3. The molecule has 0 aromatic heterocycles. The highest BCUT2D eigenvalue weighted by molar-refractivity contribution is 8.13. The van der Waals surface area contributed by atoms with Crippen LogP contribution in [0.2, 0.25) is 0 Å². The number of rotatable bonds is 7. The van der Waals surface area contributed by atoms with Gasteiger partial charge in [0.1, 0.15) is 5.75 Å². The number of benzene rings is 1. The largest absolute Gasteiger partial charge is 0.493 e. The second-order valence-electron chi connectivity index (χ2n) is 4.73. The van der Waals surface area contributed by atoms with E-state index in [0.717, 1.165) is 29.7 Å². The predicted molar refractivity (Wildman–Crippen MR) is 78.6 cm³/mol. The molecule has 0 aliphatic rings. The molecular formula is C14H21ClO3S. The maximum atomic E-state index is 11.3. The Morgan fingerprint density at radius 3 is 2.16 bits per heavy atom. The minimum atomic E-state index is -3.68. The van der Waals surface area contributed by atoms with E-state index < -0.39 is 9.05 Å².